The first-order chi connectivity index (χ1) is 9.61. The van der Waals surface area contributed by atoms with Crippen molar-refractivity contribution >= 4 is 13.8 Å². The van der Waals surface area contributed by atoms with E-state index in [1.165, 1.54) is 0 Å². The molecule has 3 rings (SSSR count). The average molecular weight is 273 g/mol. The van der Waals surface area contributed by atoms with Crippen LogP contribution >= 0.6 is 0 Å². The van der Waals surface area contributed by atoms with Crippen LogP contribution in [0.4, 0.5) is 0 Å². The zero-order chi connectivity index (χ0) is 14.2. The van der Waals surface area contributed by atoms with E-state index in [1.54, 1.807) is 0 Å². The van der Waals surface area contributed by atoms with Gasteiger partial charge in [0, 0.05) is 24.5 Å². The smallest absolute Gasteiger partial charge is 0.309 e. The van der Waals surface area contributed by atoms with E-state index >= 15 is 0 Å². The van der Waals surface area contributed by atoms with Crippen LogP contribution in [0.5, 0.6) is 0 Å². The molecule has 2 saturated heterocycles. The number of nitrogens with one attached hydrogen (secondary N) is 1. The maximum atomic E-state index is 12.1. The van der Waals surface area contributed by atoms with Gasteiger partial charge in [-0.2, -0.15) is 0 Å². The second-order valence-electron chi connectivity index (χ2n) is 5.91. The number of carbonyl (C=O) groups excluding carboxylic acids is 1. The third kappa shape index (κ3) is 2.36. The highest BCUT2D eigenvalue weighted by Crippen LogP contribution is 2.42. The number of rotatable bonds is 4. The highest BCUT2D eigenvalue weighted by atomic mass is 16.5. The Morgan fingerprint density at radius 1 is 1.50 bits per heavy atom. The number of esters is 1. The summed E-state index contributed by atoms with van der Waals surface area (Å²) in [6.07, 6.45) is 0.328. The fourth-order valence-electron chi connectivity index (χ4n) is 3.42. The first-order valence-electron chi connectivity index (χ1n) is 7.21. The molecule has 2 aliphatic rings. The lowest BCUT2D eigenvalue weighted by Crippen LogP contribution is -2.46. The van der Waals surface area contributed by atoms with Crippen molar-refractivity contribution in [1.29, 1.82) is 0 Å². The Morgan fingerprint density at radius 2 is 2.25 bits per heavy atom. The van der Waals surface area contributed by atoms with Gasteiger partial charge >= 0.3 is 5.97 Å². The van der Waals surface area contributed by atoms with Gasteiger partial charge in [-0.3, -0.25) is 4.79 Å². The van der Waals surface area contributed by atoms with Crippen LogP contribution in [0.1, 0.15) is 18.9 Å². The van der Waals surface area contributed by atoms with Crippen molar-refractivity contribution in [2.75, 3.05) is 6.54 Å². The number of ether oxygens (including phenoxy) is 2. The monoisotopic (exact) mass is 273 g/mol. The van der Waals surface area contributed by atoms with Crippen molar-refractivity contribution < 1.29 is 14.3 Å². The largest absolute Gasteiger partial charge is 0.461 e. The van der Waals surface area contributed by atoms with Crippen LogP contribution in [0.2, 0.25) is 0 Å². The first kappa shape index (κ1) is 13.6. The minimum Gasteiger partial charge on any atom is -0.461 e. The molecule has 2 bridgehead atoms. The molecular weight excluding hydrogens is 253 g/mol. The van der Waals surface area contributed by atoms with E-state index in [0.717, 1.165) is 12.1 Å². The van der Waals surface area contributed by atoms with Gasteiger partial charge in [0.1, 0.15) is 14.5 Å². The summed E-state index contributed by atoms with van der Waals surface area (Å²) in [5, 5.41) is 3.44. The van der Waals surface area contributed by atoms with Crippen molar-refractivity contribution in [3.8, 4) is 0 Å². The quantitative estimate of drug-likeness (QED) is 0.639. The van der Waals surface area contributed by atoms with E-state index in [1.807, 2.05) is 30.3 Å². The molecule has 0 aromatic heterocycles. The Balaban J connectivity index is 1.57. The first-order valence-corrected chi connectivity index (χ1v) is 7.21. The molecule has 0 spiro atoms. The molecule has 4 nitrogen and oxygen atoms in total. The van der Waals surface area contributed by atoms with Gasteiger partial charge in [0.2, 0.25) is 0 Å². The van der Waals surface area contributed by atoms with Gasteiger partial charge in [-0.15, -0.1) is 0 Å². The van der Waals surface area contributed by atoms with Crippen LogP contribution < -0.4 is 5.32 Å². The zero-order valence-corrected chi connectivity index (χ0v) is 12.0. The number of fused-ring (bicyclic) bond motifs is 2. The van der Waals surface area contributed by atoms with Gasteiger partial charge in [0.05, 0.1) is 12.0 Å². The third-order valence-electron chi connectivity index (χ3n) is 4.62. The summed E-state index contributed by atoms with van der Waals surface area (Å²) in [5.41, 5.74) is 0.632. The zero-order valence-electron chi connectivity index (χ0n) is 12.0. The van der Waals surface area contributed by atoms with Crippen molar-refractivity contribution in [1.82, 2.24) is 5.32 Å². The number of carbonyl (C=O) groups is 1. The predicted molar refractivity (Wildman–Crippen MR) is 78.0 cm³/mol. The van der Waals surface area contributed by atoms with Gasteiger partial charge in [0.15, 0.2) is 0 Å². The molecule has 106 valence electrons. The molecule has 1 aromatic rings. The molecule has 2 heterocycles. The van der Waals surface area contributed by atoms with Gasteiger partial charge in [-0.05, 0) is 5.56 Å². The van der Waals surface area contributed by atoms with Crippen molar-refractivity contribution in [3.63, 3.8) is 0 Å². The lowest BCUT2D eigenvalue weighted by atomic mass is 9.84. The highest BCUT2D eigenvalue weighted by molar-refractivity contribution is 6.12. The summed E-state index contributed by atoms with van der Waals surface area (Å²) < 4.78 is 11.4. The lowest BCUT2D eigenvalue weighted by Gasteiger charge is -2.30. The summed E-state index contributed by atoms with van der Waals surface area (Å²) >= 11 is 0. The van der Waals surface area contributed by atoms with Crippen LogP contribution in [-0.4, -0.2) is 38.0 Å². The SMILES string of the molecule is B[C@@H]1O[C@]2(CC(=O)OCc3ccccc3)CN[C@@H]1C2C. The van der Waals surface area contributed by atoms with Crippen LogP contribution in [0, 0.1) is 5.92 Å². The van der Waals surface area contributed by atoms with E-state index in [2.05, 4.69) is 20.1 Å². The molecule has 0 saturated carbocycles. The van der Waals surface area contributed by atoms with E-state index < -0.39 is 0 Å². The van der Waals surface area contributed by atoms with Gasteiger partial charge < -0.3 is 14.8 Å². The van der Waals surface area contributed by atoms with Gasteiger partial charge in [-0.1, -0.05) is 37.3 Å². The Bertz CT molecular complexity index is 495. The van der Waals surface area contributed by atoms with Crippen LogP contribution in [0.25, 0.3) is 0 Å². The molecule has 4 atom stereocenters. The molecule has 2 aliphatic heterocycles. The number of hydrogen-bond acceptors (Lipinski definition) is 4. The number of hydrogen-bond donors (Lipinski definition) is 1. The molecule has 1 N–H and O–H groups in total. The lowest BCUT2D eigenvalue weighted by molar-refractivity contribution is -0.153. The van der Waals surface area contributed by atoms with Crippen molar-refractivity contribution in [3.05, 3.63) is 35.9 Å². The summed E-state index contributed by atoms with van der Waals surface area (Å²) in [7, 11) is 2.06. The Labute approximate surface area is 120 Å². The molecule has 2 fully saturated rings. The van der Waals surface area contributed by atoms with Gasteiger partial charge in [0.25, 0.3) is 0 Å². The Morgan fingerprint density at radius 3 is 2.85 bits per heavy atom. The normalized spacial score (nSPS) is 35.1. The standard InChI is InChI=1S/C15H20BNO3/c1-10-13-14(16)20-15(10,9-17-13)7-12(18)19-8-11-5-3-2-4-6-11/h2-6,10,13-14,17H,7-9,16H2,1H3/t10?,13-,14-,15-/m1/s1. The molecule has 20 heavy (non-hydrogen) atoms. The molecule has 1 aromatic carbocycles. The molecule has 0 amide bonds. The maximum absolute atomic E-state index is 12.1. The van der Waals surface area contributed by atoms with E-state index in [0.29, 0.717) is 25.0 Å². The van der Waals surface area contributed by atoms with Crippen molar-refractivity contribution in [2.45, 2.75) is 37.6 Å². The van der Waals surface area contributed by atoms with E-state index in [9.17, 15) is 4.79 Å². The fraction of sp³-hybridized carbons (Fsp3) is 0.533. The van der Waals surface area contributed by atoms with Crippen LogP contribution in [0.3, 0.4) is 0 Å². The summed E-state index contributed by atoms with van der Waals surface area (Å²) in [6, 6.07) is 10.3. The predicted octanol–water partition coefficient (Wildman–Crippen LogP) is 0.456. The number of benzene rings is 1. The molecule has 0 aliphatic carbocycles. The summed E-state index contributed by atoms with van der Waals surface area (Å²) in [6.45, 7) is 3.22. The Kier molecular flexibility index (Phi) is 3.56. The average Bonchev–Trinajstić information content (AvgIpc) is 2.86. The minimum atomic E-state index is -0.377. The van der Waals surface area contributed by atoms with Gasteiger partial charge in [-0.25, -0.2) is 0 Å². The topological polar surface area (TPSA) is 47.6 Å². The molecule has 0 radical (unpaired) electrons. The van der Waals surface area contributed by atoms with E-state index in [-0.39, 0.29) is 17.6 Å². The maximum Gasteiger partial charge on any atom is 0.309 e. The Hall–Kier alpha value is -1.33. The number of morpholine rings is 1. The molecule has 5 heteroatoms. The third-order valence-corrected chi connectivity index (χ3v) is 4.62. The second-order valence-corrected chi connectivity index (χ2v) is 5.91. The summed E-state index contributed by atoms with van der Waals surface area (Å²) in [4.78, 5) is 12.1. The second kappa shape index (κ2) is 5.22. The fourth-order valence-corrected chi connectivity index (χ4v) is 3.42. The van der Waals surface area contributed by atoms with Crippen LogP contribution in [-0.2, 0) is 20.9 Å². The van der Waals surface area contributed by atoms with E-state index in [4.69, 9.17) is 9.47 Å². The van der Waals surface area contributed by atoms with Crippen LogP contribution in [0.15, 0.2) is 30.3 Å². The molecular formula is C15H20BNO3. The summed E-state index contributed by atoms with van der Waals surface area (Å²) in [5.74, 6) is 0.166. The molecule has 1 unspecified atom stereocenters. The minimum absolute atomic E-state index is 0.167. The highest BCUT2D eigenvalue weighted by Gasteiger charge is 2.56. The van der Waals surface area contributed by atoms with Crippen molar-refractivity contribution in [2.24, 2.45) is 5.92 Å².